The molecule has 1 amide bonds. The van der Waals surface area contributed by atoms with Crippen molar-refractivity contribution < 1.29 is 14.3 Å². The average Bonchev–Trinajstić information content (AvgIpc) is 2.43. The van der Waals surface area contributed by atoms with Crippen LogP contribution in [0.5, 0.6) is 0 Å². The molecule has 0 heterocycles. The maximum Gasteiger partial charge on any atom is 0.243 e. The number of rotatable bonds is 13. The van der Waals surface area contributed by atoms with Gasteiger partial charge in [0.25, 0.3) is 0 Å². The Morgan fingerprint density at radius 3 is 2.21 bits per heavy atom. The molecular weight excluding hydrogens is 242 g/mol. The van der Waals surface area contributed by atoms with E-state index in [2.05, 4.69) is 25.7 Å². The smallest absolute Gasteiger partial charge is 0.243 e. The number of carbonyl (C=O) groups is 1. The molecule has 0 aliphatic rings. The molecule has 0 atom stereocenters. The quantitative estimate of drug-likeness (QED) is 0.318. The Kier molecular flexibility index (Phi) is 12.9. The Morgan fingerprint density at radius 1 is 1.16 bits per heavy atom. The van der Waals surface area contributed by atoms with Gasteiger partial charge >= 0.3 is 0 Å². The highest BCUT2D eigenvalue weighted by Crippen LogP contribution is 2.07. The fraction of sp³-hybridized carbons (Fsp3) is 0.800. The van der Waals surface area contributed by atoms with Crippen molar-refractivity contribution in [1.29, 1.82) is 0 Å². The van der Waals surface area contributed by atoms with Crippen LogP contribution >= 0.6 is 0 Å². The van der Waals surface area contributed by atoms with E-state index in [9.17, 15) is 4.79 Å². The molecule has 112 valence electrons. The van der Waals surface area contributed by atoms with Crippen molar-refractivity contribution in [3.63, 3.8) is 0 Å². The first kappa shape index (κ1) is 18.1. The summed E-state index contributed by atoms with van der Waals surface area (Å²) in [4.78, 5) is 11.0. The molecule has 0 saturated heterocycles. The summed E-state index contributed by atoms with van der Waals surface area (Å²) in [6, 6.07) is 0. The summed E-state index contributed by atoms with van der Waals surface area (Å²) in [5.41, 5.74) is 0. The van der Waals surface area contributed by atoms with Crippen molar-refractivity contribution in [2.45, 2.75) is 58.7 Å². The van der Waals surface area contributed by atoms with E-state index < -0.39 is 0 Å². The number of carbonyl (C=O) groups excluding carboxylic acids is 1. The van der Waals surface area contributed by atoms with Gasteiger partial charge in [0.1, 0.15) is 0 Å². The monoisotopic (exact) mass is 271 g/mol. The molecule has 0 saturated carbocycles. The molecule has 0 aromatic heterocycles. The second-order valence-electron chi connectivity index (χ2n) is 4.52. The molecular formula is C15H29NO3. The van der Waals surface area contributed by atoms with E-state index in [4.69, 9.17) is 9.47 Å². The first-order valence-corrected chi connectivity index (χ1v) is 7.38. The number of hydrogen-bond donors (Lipinski definition) is 1. The molecule has 0 aromatic carbocycles. The molecule has 0 aliphatic heterocycles. The van der Waals surface area contributed by atoms with Gasteiger partial charge in [-0.1, -0.05) is 33.3 Å². The summed E-state index contributed by atoms with van der Waals surface area (Å²) in [6.07, 6.45) is 7.16. The van der Waals surface area contributed by atoms with Crippen molar-refractivity contribution in [1.82, 2.24) is 5.32 Å². The van der Waals surface area contributed by atoms with Gasteiger partial charge in [-0.05, 0) is 25.3 Å². The number of unbranched alkanes of at least 4 members (excludes halogenated alkanes) is 2. The first-order valence-electron chi connectivity index (χ1n) is 7.38. The second-order valence-corrected chi connectivity index (χ2v) is 4.52. The molecule has 0 aliphatic carbocycles. The van der Waals surface area contributed by atoms with E-state index in [1.165, 1.54) is 6.08 Å². The highest BCUT2D eigenvalue weighted by Gasteiger charge is 2.09. The second kappa shape index (κ2) is 13.6. The zero-order chi connectivity index (χ0) is 14.3. The van der Waals surface area contributed by atoms with Crippen LogP contribution in [0.15, 0.2) is 12.7 Å². The maximum atomic E-state index is 11.0. The molecule has 4 heteroatoms. The Bertz CT molecular complexity index is 221. The molecule has 0 radical (unpaired) electrons. The lowest BCUT2D eigenvalue weighted by atomic mass is 10.3. The van der Waals surface area contributed by atoms with E-state index in [0.717, 1.165) is 51.7 Å². The summed E-state index contributed by atoms with van der Waals surface area (Å²) in [7, 11) is 0. The minimum atomic E-state index is -0.140. The Morgan fingerprint density at radius 2 is 1.74 bits per heavy atom. The first-order chi connectivity index (χ1) is 9.24. The van der Waals surface area contributed by atoms with Crippen LogP contribution in [0.2, 0.25) is 0 Å². The van der Waals surface area contributed by atoms with Crippen molar-refractivity contribution in [2.75, 3.05) is 19.8 Å². The number of amides is 1. The Labute approximate surface area is 117 Å². The van der Waals surface area contributed by atoms with Gasteiger partial charge in [0.2, 0.25) is 5.91 Å². The lowest BCUT2D eigenvalue weighted by Crippen LogP contribution is -2.25. The Hall–Kier alpha value is -0.870. The molecule has 0 spiro atoms. The summed E-state index contributed by atoms with van der Waals surface area (Å²) in [5, 5.41) is 2.75. The largest absolute Gasteiger partial charge is 0.353 e. The van der Waals surface area contributed by atoms with E-state index >= 15 is 0 Å². The lowest BCUT2D eigenvalue weighted by molar-refractivity contribution is -0.147. The van der Waals surface area contributed by atoms with Crippen LogP contribution in [-0.4, -0.2) is 32.0 Å². The molecule has 0 aromatic rings. The topological polar surface area (TPSA) is 47.6 Å². The minimum absolute atomic E-state index is 0.129. The van der Waals surface area contributed by atoms with Crippen LogP contribution in [0.4, 0.5) is 0 Å². The van der Waals surface area contributed by atoms with Crippen molar-refractivity contribution in [2.24, 2.45) is 0 Å². The Balaban J connectivity index is 3.75. The zero-order valence-corrected chi connectivity index (χ0v) is 12.5. The number of nitrogens with one attached hydrogen (secondary N) is 1. The van der Waals surface area contributed by atoms with Crippen molar-refractivity contribution in [3.05, 3.63) is 12.7 Å². The molecule has 1 N–H and O–H groups in total. The van der Waals surface area contributed by atoms with E-state index in [1.807, 2.05) is 0 Å². The number of ether oxygens (including phenoxy) is 2. The molecule has 0 bridgehead atoms. The lowest BCUT2D eigenvalue weighted by Gasteiger charge is -2.18. The average molecular weight is 271 g/mol. The fourth-order valence-corrected chi connectivity index (χ4v) is 1.49. The van der Waals surface area contributed by atoms with Crippen LogP contribution < -0.4 is 5.32 Å². The summed E-state index contributed by atoms with van der Waals surface area (Å²) in [5.74, 6) is -0.129. The van der Waals surface area contributed by atoms with Gasteiger partial charge in [0.15, 0.2) is 6.29 Å². The highest BCUT2D eigenvalue weighted by molar-refractivity contribution is 5.86. The third-order valence-electron chi connectivity index (χ3n) is 2.70. The van der Waals surface area contributed by atoms with E-state index in [1.54, 1.807) is 0 Å². The van der Waals surface area contributed by atoms with Gasteiger partial charge in [0, 0.05) is 26.2 Å². The molecule has 4 nitrogen and oxygen atoms in total. The fourth-order valence-electron chi connectivity index (χ4n) is 1.49. The molecule has 19 heavy (non-hydrogen) atoms. The summed E-state index contributed by atoms with van der Waals surface area (Å²) >= 11 is 0. The van der Waals surface area contributed by atoms with Gasteiger partial charge in [-0.15, -0.1) is 0 Å². The zero-order valence-electron chi connectivity index (χ0n) is 12.5. The SMILES string of the molecule is C=CC(=O)NCCCC(OCCCC)OCCCC. The van der Waals surface area contributed by atoms with E-state index in [0.29, 0.717) is 6.54 Å². The predicted molar refractivity (Wildman–Crippen MR) is 77.9 cm³/mol. The third kappa shape index (κ3) is 11.9. The van der Waals surface area contributed by atoms with Crippen molar-refractivity contribution in [3.8, 4) is 0 Å². The van der Waals surface area contributed by atoms with Gasteiger partial charge in [-0.3, -0.25) is 4.79 Å². The summed E-state index contributed by atoms with van der Waals surface area (Å²) in [6.45, 7) is 9.81. The van der Waals surface area contributed by atoms with E-state index in [-0.39, 0.29) is 12.2 Å². The number of hydrogen-bond acceptors (Lipinski definition) is 3. The maximum absolute atomic E-state index is 11.0. The minimum Gasteiger partial charge on any atom is -0.353 e. The van der Waals surface area contributed by atoms with Gasteiger partial charge in [-0.2, -0.15) is 0 Å². The standard InChI is InChI=1S/C15H29NO3/c1-4-7-12-18-15(19-13-8-5-2)10-9-11-16-14(17)6-3/h6,15H,3-5,7-13H2,1-2H3,(H,16,17). The van der Waals surface area contributed by atoms with Crippen LogP contribution in [-0.2, 0) is 14.3 Å². The van der Waals surface area contributed by atoms with Gasteiger partial charge < -0.3 is 14.8 Å². The third-order valence-corrected chi connectivity index (χ3v) is 2.70. The molecule has 0 rings (SSSR count). The molecule has 0 unspecified atom stereocenters. The van der Waals surface area contributed by atoms with Crippen LogP contribution in [0.3, 0.4) is 0 Å². The highest BCUT2D eigenvalue weighted by atomic mass is 16.7. The summed E-state index contributed by atoms with van der Waals surface area (Å²) < 4.78 is 11.4. The van der Waals surface area contributed by atoms with Crippen molar-refractivity contribution >= 4 is 5.91 Å². The van der Waals surface area contributed by atoms with Crippen LogP contribution in [0, 0.1) is 0 Å². The normalized spacial score (nSPS) is 10.7. The van der Waals surface area contributed by atoms with Gasteiger partial charge in [0.05, 0.1) is 0 Å². The molecule has 0 fully saturated rings. The van der Waals surface area contributed by atoms with Crippen LogP contribution in [0.25, 0.3) is 0 Å². The van der Waals surface area contributed by atoms with Crippen LogP contribution in [0.1, 0.15) is 52.4 Å². The predicted octanol–water partition coefficient (Wildman–Crippen LogP) is 3.03. The van der Waals surface area contributed by atoms with Gasteiger partial charge in [-0.25, -0.2) is 0 Å².